The average Bonchev–Trinajstić information content (AvgIpc) is 2.89. The molecule has 2 rings (SSSR count). The molecule has 7 heteroatoms. The van der Waals surface area contributed by atoms with E-state index in [0.29, 0.717) is 4.70 Å². The van der Waals surface area contributed by atoms with Crippen molar-refractivity contribution in [2.75, 3.05) is 14.2 Å². The summed E-state index contributed by atoms with van der Waals surface area (Å²) in [5, 5.41) is 0.255. The number of esters is 1. The maximum atomic E-state index is 14.5. The summed E-state index contributed by atoms with van der Waals surface area (Å²) in [6.07, 6.45) is -0.389. The summed E-state index contributed by atoms with van der Waals surface area (Å²) in [5.41, 5.74) is -0.662. The van der Waals surface area contributed by atoms with Gasteiger partial charge in [-0.05, 0) is 26.8 Å². The van der Waals surface area contributed by atoms with Gasteiger partial charge >= 0.3 is 5.97 Å². The fraction of sp³-hybridized carbons (Fsp3) is 0.412. The summed E-state index contributed by atoms with van der Waals surface area (Å²) in [4.78, 5) is 24.3. The van der Waals surface area contributed by atoms with Gasteiger partial charge in [0, 0.05) is 16.2 Å². The van der Waals surface area contributed by atoms with Crippen LogP contribution in [0.2, 0.25) is 0 Å². The first-order chi connectivity index (χ1) is 11.2. The number of ketones is 1. The number of rotatable bonds is 5. The number of fused-ring (bicyclic) bond motifs is 1. The third-order valence-electron chi connectivity index (χ3n) is 3.11. The predicted molar refractivity (Wildman–Crippen MR) is 89.7 cm³/mol. The third-order valence-corrected chi connectivity index (χ3v) is 4.23. The highest BCUT2D eigenvalue weighted by molar-refractivity contribution is 7.20. The van der Waals surface area contributed by atoms with Gasteiger partial charge in [-0.2, -0.15) is 0 Å². The number of halogens is 1. The lowest BCUT2D eigenvalue weighted by atomic mass is 10.1. The lowest BCUT2D eigenvalue weighted by Crippen LogP contribution is -2.25. The zero-order valence-electron chi connectivity index (χ0n) is 14.2. The first-order valence-electron chi connectivity index (χ1n) is 7.25. The van der Waals surface area contributed by atoms with Crippen LogP contribution in [0, 0.1) is 5.82 Å². The Labute approximate surface area is 143 Å². The fourth-order valence-corrected chi connectivity index (χ4v) is 3.20. The molecule has 2 aromatic rings. The molecule has 0 aliphatic rings. The fourth-order valence-electron chi connectivity index (χ4n) is 2.17. The highest BCUT2D eigenvalue weighted by Crippen LogP contribution is 2.39. The number of carbonyl (C=O) groups excluding carboxylic acids is 2. The molecular formula is C17H19FO5S. The monoisotopic (exact) mass is 354 g/mol. The minimum atomic E-state index is -0.662. The number of thiophene rings is 1. The van der Waals surface area contributed by atoms with E-state index >= 15 is 0 Å². The molecule has 5 nitrogen and oxygen atoms in total. The van der Waals surface area contributed by atoms with Crippen LogP contribution in [0.5, 0.6) is 11.5 Å². The first kappa shape index (κ1) is 18.2. The second-order valence-corrected chi connectivity index (χ2v) is 7.22. The highest BCUT2D eigenvalue weighted by atomic mass is 32.1. The third kappa shape index (κ3) is 3.84. The van der Waals surface area contributed by atoms with E-state index in [1.807, 2.05) is 0 Å². The van der Waals surface area contributed by atoms with E-state index in [2.05, 4.69) is 0 Å². The van der Waals surface area contributed by atoms with Gasteiger partial charge in [0.05, 0.1) is 19.1 Å². The molecule has 0 fully saturated rings. The summed E-state index contributed by atoms with van der Waals surface area (Å²) >= 11 is 1.10. The summed E-state index contributed by atoms with van der Waals surface area (Å²) in [7, 11) is 2.75. The second kappa shape index (κ2) is 6.76. The topological polar surface area (TPSA) is 61.8 Å². The lowest BCUT2D eigenvalue weighted by molar-refractivity contribution is -0.153. The van der Waals surface area contributed by atoms with Crippen molar-refractivity contribution in [2.24, 2.45) is 0 Å². The Morgan fingerprint density at radius 3 is 2.38 bits per heavy atom. The van der Waals surface area contributed by atoms with Gasteiger partial charge < -0.3 is 14.2 Å². The molecule has 0 spiro atoms. The molecule has 0 N–H and O–H groups in total. The van der Waals surface area contributed by atoms with Gasteiger partial charge in [-0.3, -0.25) is 9.59 Å². The maximum Gasteiger partial charge on any atom is 0.314 e. The van der Waals surface area contributed by atoms with Crippen LogP contribution >= 0.6 is 11.3 Å². The van der Waals surface area contributed by atoms with Crippen molar-refractivity contribution in [1.82, 2.24) is 0 Å². The van der Waals surface area contributed by atoms with E-state index in [1.54, 1.807) is 26.8 Å². The molecule has 0 unspecified atom stereocenters. The zero-order valence-corrected chi connectivity index (χ0v) is 15.0. The number of benzene rings is 1. The van der Waals surface area contributed by atoms with Crippen LogP contribution in [-0.4, -0.2) is 31.6 Å². The minimum Gasteiger partial charge on any atom is -0.493 e. The standard InChI is InChI=1S/C17H19FO5S/c1-17(2,3)23-14(20)7-10(19)13-6-9-12(24-13)8-11(21-4)16(22-5)15(9)18/h6,8H,7H2,1-5H3. The summed E-state index contributed by atoms with van der Waals surface area (Å²) in [5.74, 6) is -1.40. The van der Waals surface area contributed by atoms with Gasteiger partial charge in [0.1, 0.15) is 12.0 Å². The van der Waals surface area contributed by atoms with Crippen LogP contribution in [0.1, 0.15) is 36.9 Å². The Morgan fingerprint density at radius 2 is 1.83 bits per heavy atom. The van der Waals surface area contributed by atoms with Crippen molar-refractivity contribution in [1.29, 1.82) is 0 Å². The zero-order chi connectivity index (χ0) is 18.1. The Balaban J connectivity index is 2.32. The van der Waals surface area contributed by atoms with Crippen LogP contribution in [0.4, 0.5) is 4.39 Å². The number of hydrogen-bond donors (Lipinski definition) is 0. The Hall–Kier alpha value is -2.15. The molecule has 0 radical (unpaired) electrons. The maximum absolute atomic E-state index is 14.5. The molecule has 1 aromatic heterocycles. The summed E-state index contributed by atoms with van der Waals surface area (Å²) in [6, 6.07) is 3.02. The van der Waals surface area contributed by atoms with Crippen LogP contribution in [0.25, 0.3) is 10.1 Å². The van der Waals surface area contributed by atoms with Crippen molar-refractivity contribution in [3.05, 3.63) is 22.8 Å². The molecule has 1 heterocycles. The van der Waals surface area contributed by atoms with Crippen LogP contribution in [0.3, 0.4) is 0 Å². The van der Waals surface area contributed by atoms with Gasteiger partial charge in [0.2, 0.25) is 0 Å². The molecule has 1 aromatic carbocycles. The average molecular weight is 354 g/mol. The molecule has 0 saturated carbocycles. The number of hydrogen-bond acceptors (Lipinski definition) is 6. The number of methoxy groups -OCH3 is 2. The van der Waals surface area contributed by atoms with E-state index in [0.717, 1.165) is 11.3 Å². The normalized spacial score (nSPS) is 11.4. The van der Waals surface area contributed by atoms with Gasteiger partial charge in [-0.1, -0.05) is 0 Å². The number of carbonyl (C=O) groups is 2. The summed E-state index contributed by atoms with van der Waals surface area (Å²) in [6.45, 7) is 5.17. The Morgan fingerprint density at radius 1 is 1.17 bits per heavy atom. The molecular weight excluding hydrogens is 335 g/mol. The molecule has 0 aliphatic heterocycles. The second-order valence-electron chi connectivity index (χ2n) is 6.13. The van der Waals surface area contributed by atoms with E-state index < -0.39 is 23.2 Å². The van der Waals surface area contributed by atoms with E-state index in [-0.39, 0.29) is 28.2 Å². The van der Waals surface area contributed by atoms with Crippen molar-refractivity contribution >= 4 is 33.2 Å². The minimum absolute atomic E-state index is 0.0195. The summed E-state index contributed by atoms with van der Waals surface area (Å²) < 4.78 is 30.3. The van der Waals surface area contributed by atoms with Crippen molar-refractivity contribution in [3.8, 4) is 11.5 Å². The number of ether oxygens (including phenoxy) is 3. The highest BCUT2D eigenvalue weighted by Gasteiger charge is 2.23. The van der Waals surface area contributed by atoms with Crippen LogP contribution in [0.15, 0.2) is 12.1 Å². The largest absolute Gasteiger partial charge is 0.493 e. The molecule has 24 heavy (non-hydrogen) atoms. The van der Waals surface area contributed by atoms with Crippen LogP contribution < -0.4 is 9.47 Å². The van der Waals surface area contributed by atoms with Gasteiger partial charge in [-0.15, -0.1) is 11.3 Å². The van der Waals surface area contributed by atoms with Gasteiger partial charge in [0.25, 0.3) is 0 Å². The molecule has 0 bridgehead atoms. The Bertz CT molecular complexity index is 788. The van der Waals surface area contributed by atoms with Crippen LogP contribution in [-0.2, 0) is 9.53 Å². The molecule has 0 aliphatic carbocycles. The number of Topliss-reactive ketones (excluding diaryl/α,β-unsaturated/α-hetero) is 1. The smallest absolute Gasteiger partial charge is 0.314 e. The van der Waals surface area contributed by atoms with Crippen molar-refractivity contribution < 1.29 is 28.2 Å². The Kier molecular flexibility index (Phi) is 5.13. The van der Waals surface area contributed by atoms with E-state index in [9.17, 15) is 14.0 Å². The molecule has 0 atom stereocenters. The molecule has 0 saturated heterocycles. The quantitative estimate of drug-likeness (QED) is 0.462. The van der Waals surface area contributed by atoms with Crippen molar-refractivity contribution in [3.63, 3.8) is 0 Å². The molecule has 0 amide bonds. The van der Waals surface area contributed by atoms with Crippen molar-refractivity contribution in [2.45, 2.75) is 32.8 Å². The van der Waals surface area contributed by atoms with E-state index in [4.69, 9.17) is 14.2 Å². The van der Waals surface area contributed by atoms with Gasteiger partial charge in [-0.25, -0.2) is 4.39 Å². The van der Waals surface area contributed by atoms with Gasteiger partial charge in [0.15, 0.2) is 23.1 Å². The molecule has 130 valence electrons. The first-order valence-corrected chi connectivity index (χ1v) is 8.07. The SMILES string of the molecule is COc1cc2sc(C(=O)CC(=O)OC(C)(C)C)cc2c(F)c1OC. The predicted octanol–water partition coefficient (Wildman–Crippen LogP) is 3.97. The lowest BCUT2D eigenvalue weighted by Gasteiger charge is -2.18. The van der Waals surface area contributed by atoms with E-state index in [1.165, 1.54) is 20.3 Å².